The van der Waals surface area contributed by atoms with E-state index in [1.165, 1.54) is 0 Å². The van der Waals surface area contributed by atoms with E-state index >= 15 is 0 Å². The highest BCUT2D eigenvalue weighted by molar-refractivity contribution is 5.70. The molecule has 1 fully saturated rings. The van der Waals surface area contributed by atoms with Crippen molar-refractivity contribution in [3.8, 4) is 0 Å². The number of aliphatic carboxylic acids is 1. The Bertz CT molecular complexity index is 243. The van der Waals surface area contributed by atoms with Crippen molar-refractivity contribution in [1.29, 1.82) is 0 Å². The Morgan fingerprint density at radius 3 is 2.88 bits per heavy atom. The summed E-state index contributed by atoms with van der Waals surface area (Å²) in [5, 5.41) is 12.3. The summed E-state index contributed by atoms with van der Waals surface area (Å²) in [6.45, 7) is 7.59. The minimum Gasteiger partial charge on any atom is -0.481 e. The molecule has 5 heteroatoms. The SMILES string of the molecule is COCCN1CC(C(=O)O)CNCC1(C)C. The summed E-state index contributed by atoms with van der Waals surface area (Å²) in [6, 6.07) is 0. The van der Waals surface area contributed by atoms with Crippen LogP contribution in [-0.4, -0.2) is 61.4 Å². The topological polar surface area (TPSA) is 61.8 Å². The number of nitrogens with zero attached hydrogens (tertiary/aromatic N) is 1. The molecule has 0 bridgehead atoms. The van der Waals surface area contributed by atoms with Crippen LogP contribution in [0.1, 0.15) is 13.8 Å². The summed E-state index contributed by atoms with van der Waals surface area (Å²) in [7, 11) is 1.66. The smallest absolute Gasteiger partial charge is 0.309 e. The predicted molar refractivity (Wildman–Crippen MR) is 61.5 cm³/mol. The second kappa shape index (κ2) is 5.61. The monoisotopic (exact) mass is 230 g/mol. The molecule has 1 unspecified atom stereocenters. The standard InChI is InChI=1S/C11H22N2O3/c1-11(2)8-12-6-9(10(14)15)7-13(11)4-5-16-3/h9,12H,4-8H2,1-3H3,(H,14,15). The second-order valence-corrected chi connectivity index (χ2v) is 4.92. The van der Waals surface area contributed by atoms with Crippen LogP contribution in [0.5, 0.6) is 0 Å². The molecule has 94 valence electrons. The summed E-state index contributed by atoms with van der Waals surface area (Å²) in [5.74, 6) is -1.06. The number of nitrogens with one attached hydrogen (secondary N) is 1. The van der Waals surface area contributed by atoms with E-state index in [9.17, 15) is 4.79 Å². The zero-order valence-electron chi connectivity index (χ0n) is 10.3. The first-order chi connectivity index (χ1) is 7.47. The quantitative estimate of drug-likeness (QED) is 0.713. The van der Waals surface area contributed by atoms with Gasteiger partial charge < -0.3 is 15.2 Å². The van der Waals surface area contributed by atoms with Crippen molar-refractivity contribution in [1.82, 2.24) is 10.2 Å². The predicted octanol–water partition coefficient (Wildman–Crippen LogP) is 0.0174. The molecule has 0 spiro atoms. The van der Waals surface area contributed by atoms with Crippen LogP contribution in [0.2, 0.25) is 0 Å². The van der Waals surface area contributed by atoms with E-state index in [2.05, 4.69) is 24.1 Å². The van der Waals surface area contributed by atoms with Gasteiger partial charge in [-0.05, 0) is 13.8 Å². The zero-order chi connectivity index (χ0) is 12.2. The molecule has 0 aromatic heterocycles. The van der Waals surface area contributed by atoms with E-state index in [1.807, 2.05) is 0 Å². The fraction of sp³-hybridized carbons (Fsp3) is 0.909. The lowest BCUT2D eigenvalue weighted by atomic mass is 10.0. The minimum absolute atomic E-state index is 0.0251. The maximum atomic E-state index is 11.0. The van der Waals surface area contributed by atoms with Crippen LogP contribution < -0.4 is 5.32 Å². The Hall–Kier alpha value is -0.650. The summed E-state index contributed by atoms with van der Waals surface area (Å²) in [5.41, 5.74) is -0.0251. The molecule has 1 rings (SSSR count). The second-order valence-electron chi connectivity index (χ2n) is 4.92. The van der Waals surface area contributed by atoms with Crippen molar-refractivity contribution in [2.75, 3.05) is 39.9 Å². The molecule has 0 saturated carbocycles. The van der Waals surface area contributed by atoms with Crippen LogP contribution >= 0.6 is 0 Å². The zero-order valence-corrected chi connectivity index (χ0v) is 10.3. The molecular formula is C11H22N2O3. The fourth-order valence-electron chi connectivity index (χ4n) is 2.00. The summed E-state index contributed by atoms with van der Waals surface area (Å²) in [6.07, 6.45) is 0. The average molecular weight is 230 g/mol. The maximum absolute atomic E-state index is 11.0. The molecule has 0 aromatic rings. The van der Waals surface area contributed by atoms with E-state index in [-0.39, 0.29) is 11.5 Å². The highest BCUT2D eigenvalue weighted by atomic mass is 16.5. The molecule has 1 atom stereocenters. The fourth-order valence-corrected chi connectivity index (χ4v) is 2.00. The van der Waals surface area contributed by atoms with Gasteiger partial charge in [-0.25, -0.2) is 0 Å². The summed E-state index contributed by atoms with van der Waals surface area (Å²) in [4.78, 5) is 13.2. The number of hydrogen-bond acceptors (Lipinski definition) is 4. The van der Waals surface area contributed by atoms with Gasteiger partial charge in [-0.3, -0.25) is 9.69 Å². The van der Waals surface area contributed by atoms with Crippen LogP contribution in [0.15, 0.2) is 0 Å². The van der Waals surface area contributed by atoms with E-state index in [0.717, 1.165) is 13.1 Å². The lowest BCUT2D eigenvalue weighted by Gasteiger charge is -2.37. The number of carbonyl (C=O) groups is 1. The maximum Gasteiger partial charge on any atom is 0.309 e. The summed E-state index contributed by atoms with van der Waals surface area (Å²) >= 11 is 0. The molecule has 2 N–H and O–H groups in total. The number of ether oxygens (including phenoxy) is 1. The Morgan fingerprint density at radius 1 is 1.62 bits per heavy atom. The highest BCUT2D eigenvalue weighted by Gasteiger charge is 2.33. The van der Waals surface area contributed by atoms with Gasteiger partial charge in [0, 0.05) is 38.8 Å². The van der Waals surface area contributed by atoms with Crippen molar-refractivity contribution in [2.24, 2.45) is 5.92 Å². The first kappa shape index (κ1) is 13.4. The van der Waals surface area contributed by atoms with Crippen LogP contribution in [0.4, 0.5) is 0 Å². The Morgan fingerprint density at radius 2 is 2.31 bits per heavy atom. The van der Waals surface area contributed by atoms with Crippen molar-refractivity contribution >= 4 is 5.97 Å². The van der Waals surface area contributed by atoms with Gasteiger partial charge >= 0.3 is 5.97 Å². The third-order valence-corrected chi connectivity index (χ3v) is 3.16. The highest BCUT2D eigenvalue weighted by Crippen LogP contribution is 2.18. The Balaban J connectivity index is 2.67. The van der Waals surface area contributed by atoms with Crippen LogP contribution in [0, 0.1) is 5.92 Å². The molecule has 0 radical (unpaired) electrons. The van der Waals surface area contributed by atoms with Crippen molar-refractivity contribution in [3.63, 3.8) is 0 Å². The third-order valence-electron chi connectivity index (χ3n) is 3.16. The molecule has 1 heterocycles. The number of carboxylic acids is 1. The van der Waals surface area contributed by atoms with E-state index < -0.39 is 5.97 Å². The van der Waals surface area contributed by atoms with Crippen molar-refractivity contribution in [2.45, 2.75) is 19.4 Å². The molecule has 1 aliphatic rings. The molecular weight excluding hydrogens is 208 g/mol. The molecule has 16 heavy (non-hydrogen) atoms. The van der Waals surface area contributed by atoms with Gasteiger partial charge in [-0.2, -0.15) is 0 Å². The molecule has 1 saturated heterocycles. The van der Waals surface area contributed by atoms with E-state index in [1.54, 1.807) is 7.11 Å². The molecule has 0 aromatic carbocycles. The number of hydrogen-bond donors (Lipinski definition) is 2. The minimum atomic E-state index is -0.729. The lowest BCUT2D eigenvalue weighted by Crippen LogP contribution is -2.50. The average Bonchev–Trinajstić information content (AvgIpc) is 2.34. The van der Waals surface area contributed by atoms with Crippen LogP contribution in [0.3, 0.4) is 0 Å². The number of rotatable bonds is 4. The first-order valence-electron chi connectivity index (χ1n) is 5.65. The van der Waals surface area contributed by atoms with Gasteiger partial charge in [-0.1, -0.05) is 0 Å². The van der Waals surface area contributed by atoms with Crippen molar-refractivity contribution in [3.05, 3.63) is 0 Å². The third kappa shape index (κ3) is 3.43. The summed E-state index contributed by atoms with van der Waals surface area (Å²) < 4.78 is 5.06. The van der Waals surface area contributed by atoms with Crippen LogP contribution in [-0.2, 0) is 9.53 Å². The largest absolute Gasteiger partial charge is 0.481 e. The van der Waals surface area contributed by atoms with Gasteiger partial charge in [0.1, 0.15) is 0 Å². The molecule has 5 nitrogen and oxygen atoms in total. The van der Waals surface area contributed by atoms with Crippen LogP contribution in [0.25, 0.3) is 0 Å². The van der Waals surface area contributed by atoms with Gasteiger partial charge in [0.15, 0.2) is 0 Å². The van der Waals surface area contributed by atoms with E-state index in [0.29, 0.717) is 19.7 Å². The molecule has 0 amide bonds. The number of methoxy groups -OCH3 is 1. The van der Waals surface area contributed by atoms with Gasteiger partial charge in [0.25, 0.3) is 0 Å². The first-order valence-corrected chi connectivity index (χ1v) is 5.65. The normalized spacial score (nSPS) is 26.3. The molecule has 0 aliphatic carbocycles. The lowest BCUT2D eigenvalue weighted by molar-refractivity contribution is -0.142. The van der Waals surface area contributed by atoms with E-state index in [4.69, 9.17) is 9.84 Å². The Labute approximate surface area is 96.8 Å². The van der Waals surface area contributed by atoms with Crippen molar-refractivity contribution < 1.29 is 14.6 Å². The Kier molecular flexibility index (Phi) is 4.70. The number of carboxylic acid groups (broad SMARTS) is 1. The van der Waals surface area contributed by atoms with Gasteiger partial charge in [0.05, 0.1) is 12.5 Å². The van der Waals surface area contributed by atoms with Gasteiger partial charge in [-0.15, -0.1) is 0 Å². The molecule has 1 aliphatic heterocycles. The van der Waals surface area contributed by atoms with Gasteiger partial charge in [0.2, 0.25) is 0 Å².